The molecule has 3 aromatic rings. The summed E-state index contributed by atoms with van der Waals surface area (Å²) in [5, 5.41) is 2.94. The van der Waals surface area contributed by atoms with Crippen molar-refractivity contribution in [1.82, 2.24) is 10.2 Å². The van der Waals surface area contributed by atoms with E-state index in [1.54, 1.807) is 16.7 Å². The van der Waals surface area contributed by atoms with Crippen molar-refractivity contribution in [3.8, 4) is 0 Å². The number of hydrogen-bond donors (Lipinski definition) is 1. The molecular weight excluding hydrogens is 508 g/mol. The third kappa shape index (κ3) is 7.74. The zero-order chi connectivity index (χ0) is 24.3. The van der Waals surface area contributed by atoms with Crippen LogP contribution in [0.3, 0.4) is 0 Å². The van der Waals surface area contributed by atoms with Crippen molar-refractivity contribution < 1.29 is 9.59 Å². The molecule has 34 heavy (non-hydrogen) atoms. The summed E-state index contributed by atoms with van der Waals surface area (Å²) in [6.07, 6.45) is 0.474. The Bertz CT molecular complexity index is 1070. The molecule has 4 nitrogen and oxygen atoms in total. The molecule has 178 valence electrons. The molecule has 0 radical (unpaired) electrons. The van der Waals surface area contributed by atoms with Gasteiger partial charge in [-0.05, 0) is 48.2 Å². The first-order chi connectivity index (χ1) is 16.5. The summed E-state index contributed by atoms with van der Waals surface area (Å²) in [7, 11) is 0. The lowest BCUT2D eigenvalue weighted by Crippen LogP contribution is -2.51. The van der Waals surface area contributed by atoms with Gasteiger partial charge in [-0.25, -0.2) is 0 Å². The number of benzene rings is 3. The zero-order valence-electron chi connectivity index (χ0n) is 19.7. The molecule has 1 atom stereocenters. The Labute approximate surface area is 215 Å². The minimum absolute atomic E-state index is 0.0300. The van der Waals surface area contributed by atoms with Crippen molar-refractivity contribution in [3.05, 3.63) is 106 Å². The van der Waals surface area contributed by atoms with Crippen molar-refractivity contribution in [2.45, 2.75) is 38.6 Å². The molecule has 0 bridgehead atoms. The van der Waals surface area contributed by atoms with Gasteiger partial charge in [0.1, 0.15) is 6.04 Å². The average molecular weight is 540 g/mol. The lowest BCUT2D eigenvalue weighted by atomic mass is 10.0. The molecule has 3 aromatic carbocycles. The van der Waals surface area contributed by atoms with E-state index < -0.39 is 6.04 Å². The Morgan fingerprint density at radius 1 is 0.941 bits per heavy atom. The second-order valence-corrected chi connectivity index (χ2v) is 10.1. The maximum absolute atomic E-state index is 13.6. The van der Waals surface area contributed by atoms with Crippen LogP contribution < -0.4 is 5.32 Å². The Hall–Kier alpha value is -2.57. The Kier molecular flexibility index (Phi) is 10.2. The number of nitrogens with zero attached hydrogens (tertiary/aromatic N) is 1. The first-order valence-electron chi connectivity index (χ1n) is 11.5. The summed E-state index contributed by atoms with van der Waals surface area (Å²) in [6.45, 7) is 4.87. The number of hydrogen-bond acceptors (Lipinski definition) is 3. The molecule has 0 saturated carbocycles. The summed E-state index contributed by atoms with van der Waals surface area (Å²) < 4.78 is 1.03. The van der Waals surface area contributed by atoms with Crippen LogP contribution >= 0.6 is 27.7 Å². The van der Waals surface area contributed by atoms with E-state index in [1.165, 1.54) is 0 Å². The number of nitrogens with one attached hydrogen (secondary N) is 1. The molecule has 3 rings (SSSR count). The number of carbonyl (C=O) groups excluding carboxylic acids is 2. The molecule has 0 spiro atoms. The van der Waals surface area contributed by atoms with Gasteiger partial charge < -0.3 is 10.2 Å². The summed E-state index contributed by atoms with van der Waals surface area (Å²) in [5.74, 6) is 0.901. The number of carbonyl (C=O) groups is 2. The molecule has 0 saturated heterocycles. The van der Waals surface area contributed by atoms with Crippen molar-refractivity contribution in [3.63, 3.8) is 0 Å². The molecule has 0 aliphatic rings. The van der Waals surface area contributed by atoms with Crippen LogP contribution in [0.1, 0.15) is 29.2 Å². The van der Waals surface area contributed by atoms with E-state index in [0.717, 1.165) is 32.5 Å². The minimum atomic E-state index is -0.581. The van der Waals surface area contributed by atoms with Crippen LogP contribution in [-0.2, 0) is 28.3 Å². The maximum atomic E-state index is 13.6. The zero-order valence-corrected chi connectivity index (χ0v) is 22.1. The highest BCUT2D eigenvalue weighted by atomic mass is 79.9. The summed E-state index contributed by atoms with van der Waals surface area (Å²) in [6, 6.07) is 25.5. The van der Waals surface area contributed by atoms with Crippen molar-refractivity contribution >= 4 is 39.5 Å². The largest absolute Gasteiger partial charge is 0.355 e. The lowest BCUT2D eigenvalue weighted by Gasteiger charge is -2.32. The van der Waals surface area contributed by atoms with Crippen molar-refractivity contribution in [1.29, 1.82) is 0 Å². The lowest BCUT2D eigenvalue weighted by molar-refractivity contribution is -0.139. The van der Waals surface area contributed by atoms with Gasteiger partial charge in [-0.2, -0.15) is 0 Å². The van der Waals surface area contributed by atoms with Gasteiger partial charge in [0.15, 0.2) is 0 Å². The first kappa shape index (κ1) is 26.0. The fraction of sp³-hybridized carbons (Fsp3) is 0.286. The number of aryl methyl sites for hydroxylation is 1. The number of rotatable bonds is 11. The Morgan fingerprint density at radius 2 is 1.62 bits per heavy atom. The molecule has 0 aromatic heterocycles. The average Bonchev–Trinajstić information content (AvgIpc) is 2.84. The van der Waals surface area contributed by atoms with Gasteiger partial charge in [-0.15, -0.1) is 11.8 Å². The second-order valence-electron chi connectivity index (χ2n) is 8.17. The van der Waals surface area contributed by atoms with E-state index in [-0.39, 0.29) is 11.8 Å². The quantitative estimate of drug-likeness (QED) is 0.337. The highest BCUT2D eigenvalue weighted by Gasteiger charge is 2.30. The van der Waals surface area contributed by atoms with Gasteiger partial charge in [0, 0.05) is 29.7 Å². The normalized spacial score (nSPS) is 11.6. The van der Waals surface area contributed by atoms with E-state index in [9.17, 15) is 9.59 Å². The summed E-state index contributed by atoms with van der Waals surface area (Å²) in [5.41, 5.74) is 4.35. The van der Waals surface area contributed by atoms with E-state index in [2.05, 4.69) is 33.4 Å². The summed E-state index contributed by atoms with van der Waals surface area (Å²) in [4.78, 5) is 28.5. The standard InChI is InChI=1S/C28H31BrN2O2S/c1-3-30-28(33)26(17-22-10-5-4-6-11-22)31(18-24-12-8-7-9-21(24)2)27(32)20-34-19-23-13-15-25(29)16-14-23/h4-16,26H,3,17-20H2,1-2H3,(H,30,33)/t26-/m0/s1. The van der Waals surface area contributed by atoms with Crippen molar-refractivity contribution in [2.75, 3.05) is 12.3 Å². The molecule has 2 amide bonds. The van der Waals surface area contributed by atoms with Crippen LogP contribution in [0, 0.1) is 6.92 Å². The molecule has 0 aliphatic carbocycles. The fourth-order valence-electron chi connectivity index (χ4n) is 3.74. The SMILES string of the molecule is CCNC(=O)[C@H](Cc1ccccc1)N(Cc1ccccc1C)C(=O)CSCc1ccc(Br)cc1. The minimum Gasteiger partial charge on any atom is -0.355 e. The topological polar surface area (TPSA) is 49.4 Å². The van der Waals surface area contributed by atoms with E-state index in [0.29, 0.717) is 25.3 Å². The number of amides is 2. The van der Waals surface area contributed by atoms with Crippen LogP contribution in [0.5, 0.6) is 0 Å². The van der Waals surface area contributed by atoms with Crippen LogP contribution in [0.4, 0.5) is 0 Å². The fourth-order valence-corrected chi connectivity index (χ4v) is 4.87. The highest BCUT2D eigenvalue weighted by Crippen LogP contribution is 2.20. The number of halogens is 1. The third-order valence-corrected chi connectivity index (χ3v) is 7.15. The predicted molar refractivity (Wildman–Crippen MR) is 145 cm³/mol. The summed E-state index contributed by atoms with van der Waals surface area (Å²) >= 11 is 5.03. The van der Waals surface area contributed by atoms with Crippen molar-refractivity contribution in [2.24, 2.45) is 0 Å². The van der Waals surface area contributed by atoms with Gasteiger partial charge in [0.25, 0.3) is 0 Å². The van der Waals surface area contributed by atoms with E-state index >= 15 is 0 Å². The molecule has 0 heterocycles. The van der Waals surface area contributed by atoms with Gasteiger partial charge in [0.05, 0.1) is 5.75 Å². The van der Waals surface area contributed by atoms with Crippen LogP contribution in [0.25, 0.3) is 0 Å². The highest BCUT2D eigenvalue weighted by molar-refractivity contribution is 9.10. The van der Waals surface area contributed by atoms with Gasteiger partial charge in [-0.1, -0.05) is 82.7 Å². The van der Waals surface area contributed by atoms with Crippen LogP contribution in [0.15, 0.2) is 83.3 Å². The smallest absolute Gasteiger partial charge is 0.243 e. The molecule has 1 N–H and O–H groups in total. The monoisotopic (exact) mass is 538 g/mol. The number of likely N-dealkylation sites (N-methyl/N-ethyl adjacent to an activating group) is 1. The first-order valence-corrected chi connectivity index (χ1v) is 13.4. The van der Waals surface area contributed by atoms with Gasteiger partial charge in [0.2, 0.25) is 11.8 Å². The Morgan fingerprint density at radius 3 is 2.29 bits per heavy atom. The molecule has 0 aliphatic heterocycles. The van der Waals surface area contributed by atoms with Gasteiger partial charge in [-0.3, -0.25) is 9.59 Å². The van der Waals surface area contributed by atoms with E-state index in [4.69, 9.17) is 0 Å². The molecule has 0 fully saturated rings. The third-order valence-electron chi connectivity index (χ3n) is 5.63. The molecular formula is C28H31BrN2O2S. The van der Waals surface area contributed by atoms with Gasteiger partial charge >= 0.3 is 0 Å². The molecule has 6 heteroatoms. The number of thioether (sulfide) groups is 1. The second kappa shape index (κ2) is 13.4. The Balaban J connectivity index is 1.82. The molecule has 0 unspecified atom stereocenters. The predicted octanol–water partition coefficient (Wildman–Crippen LogP) is 5.77. The van der Waals surface area contributed by atoms with Crippen LogP contribution in [-0.4, -0.2) is 35.1 Å². The van der Waals surface area contributed by atoms with E-state index in [1.807, 2.05) is 80.6 Å². The maximum Gasteiger partial charge on any atom is 0.243 e. The van der Waals surface area contributed by atoms with Crippen LogP contribution in [0.2, 0.25) is 0 Å².